The maximum atomic E-state index is 12.5. The van der Waals surface area contributed by atoms with Crippen LogP contribution < -0.4 is 0 Å². The van der Waals surface area contributed by atoms with E-state index in [9.17, 15) is 9.90 Å². The van der Waals surface area contributed by atoms with E-state index in [0.29, 0.717) is 30.6 Å². The molecular weight excluding hydrogens is 360 g/mol. The minimum absolute atomic E-state index is 0.320. The van der Waals surface area contributed by atoms with Crippen molar-refractivity contribution in [2.45, 2.75) is 25.4 Å². The second-order valence-electron chi connectivity index (χ2n) is 6.72. The van der Waals surface area contributed by atoms with Gasteiger partial charge in [0.2, 0.25) is 0 Å². The largest absolute Gasteiger partial charge is 0.462 e. The molecule has 1 atom stereocenters. The van der Waals surface area contributed by atoms with Crippen molar-refractivity contribution in [1.82, 2.24) is 0 Å². The number of esters is 1. The first-order valence-corrected chi connectivity index (χ1v) is 9.80. The minimum atomic E-state index is -0.485. The molecule has 0 aliphatic heterocycles. The molecule has 0 amide bonds. The van der Waals surface area contributed by atoms with E-state index >= 15 is 0 Å². The lowest BCUT2D eigenvalue weighted by Crippen LogP contribution is -2.08. The van der Waals surface area contributed by atoms with Gasteiger partial charge in [0.05, 0.1) is 18.3 Å². The number of hydrogen-bond donors (Lipinski definition) is 1. The first-order chi connectivity index (χ1) is 14.2. The summed E-state index contributed by atoms with van der Waals surface area (Å²) in [5.41, 5.74) is 2.93. The van der Waals surface area contributed by atoms with Crippen molar-refractivity contribution in [2.24, 2.45) is 0 Å². The van der Waals surface area contributed by atoms with Crippen LogP contribution in [0, 0.1) is 11.8 Å². The number of hydrogen-bond acceptors (Lipinski definition) is 3. The molecule has 1 unspecified atom stereocenters. The Bertz CT molecular complexity index is 969. The summed E-state index contributed by atoms with van der Waals surface area (Å²) in [4.78, 5) is 12.5. The van der Waals surface area contributed by atoms with E-state index in [1.54, 1.807) is 12.1 Å². The molecule has 3 aromatic rings. The van der Waals surface area contributed by atoms with E-state index in [1.165, 1.54) is 0 Å². The molecule has 0 bridgehead atoms. The lowest BCUT2D eigenvalue weighted by molar-refractivity contribution is 0.0493. The third kappa shape index (κ3) is 6.34. The Hall–Kier alpha value is -3.35. The fourth-order valence-corrected chi connectivity index (χ4v) is 2.96. The molecule has 0 saturated heterocycles. The number of rotatable bonds is 7. The average molecular weight is 384 g/mol. The van der Waals surface area contributed by atoms with Crippen LogP contribution in [0.15, 0.2) is 84.9 Å². The fraction of sp³-hybridized carbons (Fsp3) is 0.192. The number of unbranched alkanes of at least 4 members (excludes halogenated alkanes) is 1. The second kappa shape index (κ2) is 10.8. The molecule has 0 heterocycles. The Morgan fingerprint density at radius 1 is 0.828 bits per heavy atom. The molecule has 3 nitrogen and oxygen atoms in total. The fourth-order valence-electron chi connectivity index (χ4n) is 2.96. The van der Waals surface area contributed by atoms with Gasteiger partial charge in [-0.05, 0) is 49.1 Å². The van der Waals surface area contributed by atoms with Crippen LogP contribution in [0.2, 0.25) is 0 Å². The SMILES string of the molecule is O=C(OCCCCC(O)c1ccccc1)c1ccccc1C#Cc1ccccc1. The van der Waals surface area contributed by atoms with Gasteiger partial charge in [-0.15, -0.1) is 0 Å². The summed E-state index contributed by atoms with van der Waals surface area (Å²) in [6.07, 6.45) is 1.63. The van der Waals surface area contributed by atoms with E-state index < -0.39 is 6.10 Å². The maximum Gasteiger partial charge on any atom is 0.339 e. The lowest BCUT2D eigenvalue weighted by atomic mass is 10.0. The molecule has 0 fully saturated rings. The molecule has 3 heteroatoms. The first kappa shape index (κ1) is 20.4. The Morgan fingerprint density at radius 2 is 1.48 bits per heavy atom. The Morgan fingerprint density at radius 3 is 2.24 bits per heavy atom. The van der Waals surface area contributed by atoms with E-state index in [2.05, 4.69) is 11.8 Å². The van der Waals surface area contributed by atoms with Gasteiger partial charge in [-0.3, -0.25) is 0 Å². The Labute approximate surface area is 172 Å². The summed E-state index contributed by atoms with van der Waals surface area (Å²) in [7, 11) is 0. The van der Waals surface area contributed by atoms with Gasteiger partial charge < -0.3 is 9.84 Å². The first-order valence-electron chi connectivity index (χ1n) is 9.80. The molecule has 0 spiro atoms. The van der Waals surface area contributed by atoms with Crippen molar-refractivity contribution >= 4 is 5.97 Å². The summed E-state index contributed by atoms with van der Waals surface area (Å²) in [5.74, 6) is 5.77. The normalized spacial score (nSPS) is 11.2. The quantitative estimate of drug-likeness (QED) is 0.348. The molecule has 146 valence electrons. The molecule has 0 saturated carbocycles. The summed E-state index contributed by atoms with van der Waals surface area (Å²) < 4.78 is 5.42. The maximum absolute atomic E-state index is 12.5. The number of ether oxygens (including phenoxy) is 1. The van der Waals surface area contributed by atoms with Crippen molar-refractivity contribution < 1.29 is 14.6 Å². The van der Waals surface area contributed by atoms with E-state index in [1.807, 2.05) is 72.8 Å². The van der Waals surface area contributed by atoms with Crippen LogP contribution in [0.5, 0.6) is 0 Å². The summed E-state index contributed by atoms with van der Waals surface area (Å²) in [6, 6.07) is 26.5. The van der Waals surface area contributed by atoms with Crippen molar-refractivity contribution in [3.63, 3.8) is 0 Å². The van der Waals surface area contributed by atoms with Gasteiger partial charge in [0.1, 0.15) is 0 Å². The van der Waals surface area contributed by atoms with Gasteiger partial charge in [0.25, 0.3) is 0 Å². The highest BCUT2D eigenvalue weighted by molar-refractivity contribution is 5.92. The third-order valence-electron chi connectivity index (χ3n) is 4.55. The predicted molar refractivity (Wildman–Crippen MR) is 114 cm³/mol. The zero-order valence-electron chi connectivity index (χ0n) is 16.3. The molecule has 3 rings (SSSR count). The highest BCUT2D eigenvalue weighted by Crippen LogP contribution is 2.18. The zero-order valence-corrected chi connectivity index (χ0v) is 16.3. The topological polar surface area (TPSA) is 46.5 Å². The zero-order chi connectivity index (χ0) is 20.3. The molecule has 0 aromatic heterocycles. The average Bonchev–Trinajstić information content (AvgIpc) is 2.78. The van der Waals surface area contributed by atoms with Crippen molar-refractivity contribution in [3.8, 4) is 11.8 Å². The molecule has 1 N–H and O–H groups in total. The molecular formula is C26H24O3. The van der Waals surface area contributed by atoms with E-state index in [0.717, 1.165) is 17.5 Å². The van der Waals surface area contributed by atoms with Crippen LogP contribution in [0.4, 0.5) is 0 Å². The Kier molecular flexibility index (Phi) is 7.63. The summed E-state index contributed by atoms with van der Waals surface area (Å²) in [5, 5.41) is 10.2. The van der Waals surface area contributed by atoms with Crippen molar-refractivity contribution in [1.29, 1.82) is 0 Å². The van der Waals surface area contributed by atoms with Crippen LogP contribution in [-0.2, 0) is 4.74 Å². The van der Waals surface area contributed by atoms with Crippen LogP contribution in [0.1, 0.15) is 52.4 Å². The molecule has 0 radical (unpaired) electrons. The smallest absolute Gasteiger partial charge is 0.339 e. The minimum Gasteiger partial charge on any atom is -0.462 e. The van der Waals surface area contributed by atoms with Gasteiger partial charge in [0, 0.05) is 11.1 Å². The lowest BCUT2D eigenvalue weighted by Gasteiger charge is -2.11. The summed E-state index contributed by atoms with van der Waals surface area (Å²) >= 11 is 0. The van der Waals surface area contributed by atoms with Crippen molar-refractivity contribution in [2.75, 3.05) is 6.61 Å². The van der Waals surface area contributed by atoms with Crippen LogP contribution in [-0.4, -0.2) is 17.7 Å². The van der Waals surface area contributed by atoms with Gasteiger partial charge in [-0.2, -0.15) is 0 Å². The van der Waals surface area contributed by atoms with Crippen LogP contribution in [0.25, 0.3) is 0 Å². The number of benzene rings is 3. The van der Waals surface area contributed by atoms with Gasteiger partial charge >= 0.3 is 5.97 Å². The highest BCUT2D eigenvalue weighted by Gasteiger charge is 2.11. The van der Waals surface area contributed by atoms with Gasteiger partial charge in [-0.25, -0.2) is 4.79 Å². The monoisotopic (exact) mass is 384 g/mol. The molecule has 0 aliphatic carbocycles. The van der Waals surface area contributed by atoms with Crippen LogP contribution >= 0.6 is 0 Å². The number of aliphatic hydroxyl groups is 1. The number of aliphatic hydroxyl groups excluding tert-OH is 1. The standard InChI is InChI=1S/C26H24O3/c27-25(23-14-5-2-6-15-23)17-9-10-20-29-26(28)24-16-8-7-13-22(24)19-18-21-11-3-1-4-12-21/h1-8,11-16,25,27H,9-10,17,20H2. The van der Waals surface area contributed by atoms with E-state index in [4.69, 9.17) is 4.74 Å². The van der Waals surface area contributed by atoms with E-state index in [-0.39, 0.29) is 5.97 Å². The van der Waals surface area contributed by atoms with Gasteiger partial charge in [-0.1, -0.05) is 72.5 Å². The molecule has 0 aliphatic rings. The second-order valence-corrected chi connectivity index (χ2v) is 6.72. The van der Waals surface area contributed by atoms with Crippen molar-refractivity contribution in [3.05, 3.63) is 107 Å². The highest BCUT2D eigenvalue weighted by atomic mass is 16.5. The molecule has 3 aromatic carbocycles. The predicted octanol–water partition coefficient (Wildman–Crippen LogP) is 5.15. The number of carbonyl (C=O) groups is 1. The van der Waals surface area contributed by atoms with Crippen LogP contribution in [0.3, 0.4) is 0 Å². The van der Waals surface area contributed by atoms with Gasteiger partial charge in [0.15, 0.2) is 0 Å². The number of carbonyl (C=O) groups excluding carboxylic acids is 1. The summed E-state index contributed by atoms with van der Waals surface area (Å²) in [6.45, 7) is 0.320. The third-order valence-corrected chi connectivity index (χ3v) is 4.55. The molecule has 29 heavy (non-hydrogen) atoms. The Balaban J connectivity index is 1.49.